The zero-order chi connectivity index (χ0) is 28.0. The van der Waals surface area contributed by atoms with E-state index in [0.29, 0.717) is 0 Å². The van der Waals surface area contributed by atoms with Gasteiger partial charge in [-0.1, -0.05) is 55.4 Å². The van der Waals surface area contributed by atoms with Crippen molar-refractivity contribution in [3.63, 3.8) is 0 Å². The average Bonchev–Trinajstić information content (AvgIpc) is 2.70. The number of aldehydes is 1. The van der Waals surface area contributed by atoms with Gasteiger partial charge in [-0.15, -0.1) is 0 Å². The Kier molecular flexibility index (Phi) is 15.9. The van der Waals surface area contributed by atoms with Gasteiger partial charge >= 0.3 is 23.9 Å². The third-order valence-electron chi connectivity index (χ3n) is 4.68. The Bertz CT molecular complexity index is 714. The molecule has 0 fully saturated rings. The van der Waals surface area contributed by atoms with E-state index in [9.17, 15) is 29.1 Å². The molecule has 4 unspecified atom stereocenters. The quantitative estimate of drug-likeness (QED) is 0.174. The molecule has 0 aliphatic carbocycles. The van der Waals surface area contributed by atoms with E-state index in [0.717, 1.165) is 0 Å². The van der Waals surface area contributed by atoms with Gasteiger partial charge in [0.1, 0.15) is 12.7 Å². The summed E-state index contributed by atoms with van der Waals surface area (Å²) in [5.41, 5.74) is 0. The molecule has 0 bridgehead atoms. The van der Waals surface area contributed by atoms with Crippen LogP contribution in [0.3, 0.4) is 0 Å². The van der Waals surface area contributed by atoms with Gasteiger partial charge in [-0.3, -0.25) is 24.0 Å². The van der Waals surface area contributed by atoms with Gasteiger partial charge in [-0.05, 0) is 23.7 Å². The topological polar surface area (TPSA) is 143 Å². The SMILES string of the molecule is CC(C)CC(=O)OCC(O)C(OC(=O)CC(C)C)C(OC(=O)CC(C)C)C(C=O)OC(=O)CC(C)C. The zero-order valence-electron chi connectivity index (χ0n) is 22.9. The Morgan fingerprint density at radius 1 is 0.611 bits per heavy atom. The van der Waals surface area contributed by atoms with E-state index in [4.69, 9.17) is 18.9 Å². The molecular formula is C26H44O10. The van der Waals surface area contributed by atoms with Crippen LogP contribution in [-0.4, -0.2) is 66.3 Å². The fourth-order valence-corrected chi connectivity index (χ4v) is 3.12. The Morgan fingerprint density at radius 2 is 0.972 bits per heavy atom. The van der Waals surface area contributed by atoms with Crippen molar-refractivity contribution in [2.24, 2.45) is 23.7 Å². The van der Waals surface area contributed by atoms with Crippen molar-refractivity contribution < 1.29 is 48.0 Å². The monoisotopic (exact) mass is 516 g/mol. The molecule has 0 aromatic rings. The molecule has 36 heavy (non-hydrogen) atoms. The van der Waals surface area contributed by atoms with Crippen molar-refractivity contribution >= 4 is 30.2 Å². The highest BCUT2D eigenvalue weighted by Gasteiger charge is 2.43. The molecule has 1 N–H and O–H groups in total. The van der Waals surface area contributed by atoms with Gasteiger partial charge in [0.15, 0.2) is 24.6 Å². The van der Waals surface area contributed by atoms with Crippen LogP contribution in [0.15, 0.2) is 0 Å². The fourth-order valence-electron chi connectivity index (χ4n) is 3.12. The second kappa shape index (κ2) is 17.1. The minimum atomic E-state index is -1.67. The molecule has 0 saturated carbocycles. The summed E-state index contributed by atoms with van der Waals surface area (Å²) >= 11 is 0. The molecule has 0 aliphatic heterocycles. The van der Waals surface area contributed by atoms with E-state index in [2.05, 4.69) is 0 Å². The predicted molar refractivity (Wildman–Crippen MR) is 130 cm³/mol. The molecule has 0 aromatic heterocycles. The van der Waals surface area contributed by atoms with Crippen LogP contribution >= 0.6 is 0 Å². The van der Waals surface area contributed by atoms with Crippen LogP contribution in [0.1, 0.15) is 81.1 Å². The molecule has 0 aliphatic rings. The smallest absolute Gasteiger partial charge is 0.306 e. The van der Waals surface area contributed by atoms with Gasteiger partial charge in [-0.2, -0.15) is 0 Å². The van der Waals surface area contributed by atoms with Crippen LogP contribution in [0.5, 0.6) is 0 Å². The number of hydrogen-bond acceptors (Lipinski definition) is 10. The molecule has 10 nitrogen and oxygen atoms in total. The van der Waals surface area contributed by atoms with Gasteiger partial charge in [0, 0.05) is 25.7 Å². The highest BCUT2D eigenvalue weighted by atomic mass is 16.6. The van der Waals surface area contributed by atoms with E-state index < -0.39 is 54.9 Å². The van der Waals surface area contributed by atoms with Crippen LogP contribution < -0.4 is 0 Å². The first-order chi connectivity index (χ1) is 16.7. The summed E-state index contributed by atoms with van der Waals surface area (Å²) in [5, 5.41) is 10.9. The third-order valence-corrected chi connectivity index (χ3v) is 4.68. The molecule has 10 heteroatoms. The number of aliphatic hydroxyl groups is 1. The number of aliphatic hydroxyl groups excluding tert-OH is 1. The van der Waals surface area contributed by atoms with Gasteiger partial charge in [-0.25, -0.2) is 0 Å². The maximum atomic E-state index is 12.5. The molecule has 0 saturated heterocycles. The van der Waals surface area contributed by atoms with Crippen molar-refractivity contribution in [3.05, 3.63) is 0 Å². The lowest BCUT2D eigenvalue weighted by atomic mass is 10.0. The lowest BCUT2D eigenvalue weighted by Gasteiger charge is -2.33. The van der Waals surface area contributed by atoms with E-state index in [-0.39, 0.29) is 55.6 Å². The van der Waals surface area contributed by atoms with Crippen LogP contribution in [0.2, 0.25) is 0 Å². The van der Waals surface area contributed by atoms with E-state index >= 15 is 0 Å². The predicted octanol–water partition coefficient (Wildman–Crippen LogP) is 3.01. The summed E-state index contributed by atoms with van der Waals surface area (Å²) in [5.74, 6) is -3.03. The largest absolute Gasteiger partial charge is 0.463 e. The Morgan fingerprint density at radius 3 is 1.36 bits per heavy atom. The molecule has 0 spiro atoms. The van der Waals surface area contributed by atoms with Crippen LogP contribution in [0.4, 0.5) is 0 Å². The van der Waals surface area contributed by atoms with Crippen molar-refractivity contribution in [1.29, 1.82) is 0 Å². The average molecular weight is 517 g/mol. The number of carbonyl (C=O) groups excluding carboxylic acids is 5. The summed E-state index contributed by atoms with van der Waals surface area (Å²) in [6.07, 6.45) is -6.33. The molecule has 0 aromatic carbocycles. The molecule has 0 radical (unpaired) electrons. The molecule has 208 valence electrons. The highest BCUT2D eigenvalue weighted by Crippen LogP contribution is 2.20. The number of carbonyl (C=O) groups is 5. The second-order valence-corrected chi connectivity index (χ2v) is 10.6. The lowest BCUT2D eigenvalue weighted by molar-refractivity contribution is -0.198. The normalized spacial score (nSPS) is 14.8. The standard InChI is InChI=1S/C26H44O10/c1-15(2)9-21(29)33-14-19(28)25(35-23(31)11-17(5)6)26(36-24(32)12-18(7)8)20(13-27)34-22(30)10-16(3)4/h13,15-20,25-26,28H,9-12,14H2,1-8H3. The minimum Gasteiger partial charge on any atom is -0.463 e. The van der Waals surface area contributed by atoms with Gasteiger partial charge in [0.05, 0.1) is 0 Å². The van der Waals surface area contributed by atoms with E-state index in [1.165, 1.54) is 0 Å². The first-order valence-corrected chi connectivity index (χ1v) is 12.5. The summed E-state index contributed by atoms with van der Waals surface area (Å²) in [7, 11) is 0. The minimum absolute atomic E-state index is 0.00975. The molecule has 4 atom stereocenters. The van der Waals surface area contributed by atoms with Crippen LogP contribution in [0.25, 0.3) is 0 Å². The fraction of sp³-hybridized carbons (Fsp3) is 0.808. The lowest BCUT2D eigenvalue weighted by Crippen LogP contribution is -2.53. The second-order valence-electron chi connectivity index (χ2n) is 10.6. The molecular weight excluding hydrogens is 472 g/mol. The molecule has 0 heterocycles. The van der Waals surface area contributed by atoms with Gasteiger partial charge in [0.25, 0.3) is 0 Å². The number of rotatable bonds is 17. The summed E-state index contributed by atoms with van der Waals surface area (Å²) < 4.78 is 21.3. The van der Waals surface area contributed by atoms with Gasteiger partial charge in [0.2, 0.25) is 0 Å². The van der Waals surface area contributed by atoms with Crippen molar-refractivity contribution in [2.75, 3.05) is 6.61 Å². The molecule has 0 amide bonds. The van der Waals surface area contributed by atoms with Gasteiger partial charge < -0.3 is 24.1 Å². The first kappa shape index (κ1) is 33.5. The van der Waals surface area contributed by atoms with Crippen molar-refractivity contribution in [3.8, 4) is 0 Å². The summed E-state index contributed by atoms with van der Waals surface area (Å²) in [6, 6.07) is 0. The summed E-state index contributed by atoms with van der Waals surface area (Å²) in [4.78, 5) is 61.3. The molecule has 0 rings (SSSR count). The summed E-state index contributed by atoms with van der Waals surface area (Å²) in [6.45, 7) is 13.7. The Labute approximate surface area is 214 Å². The Hall–Kier alpha value is -2.49. The van der Waals surface area contributed by atoms with Crippen LogP contribution in [0, 0.1) is 23.7 Å². The van der Waals surface area contributed by atoms with E-state index in [1.54, 1.807) is 41.5 Å². The first-order valence-electron chi connectivity index (χ1n) is 12.5. The Balaban J connectivity index is 6.10. The maximum Gasteiger partial charge on any atom is 0.306 e. The number of ether oxygens (including phenoxy) is 4. The van der Waals surface area contributed by atoms with Crippen molar-refractivity contribution in [1.82, 2.24) is 0 Å². The maximum absolute atomic E-state index is 12.5. The third kappa shape index (κ3) is 14.8. The van der Waals surface area contributed by atoms with Crippen molar-refractivity contribution in [2.45, 2.75) is 105 Å². The highest BCUT2D eigenvalue weighted by molar-refractivity contribution is 5.75. The zero-order valence-corrected chi connectivity index (χ0v) is 22.9. The van der Waals surface area contributed by atoms with Crippen LogP contribution in [-0.2, 0) is 42.9 Å². The number of hydrogen-bond donors (Lipinski definition) is 1. The number of esters is 4. The van der Waals surface area contributed by atoms with E-state index in [1.807, 2.05) is 13.8 Å².